The lowest BCUT2D eigenvalue weighted by molar-refractivity contribution is 0.545. The van der Waals surface area contributed by atoms with Gasteiger partial charge in [-0.2, -0.15) is 5.10 Å². The van der Waals surface area contributed by atoms with Crippen LogP contribution in [0.15, 0.2) is 24.4 Å². The Kier molecular flexibility index (Phi) is 4.22. The van der Waals surface area contributed by atoms with Crippen molar-refractivity contribution >= 4 is 11.6 Å². The topological polar surface area (TPSA) is 43.8 Å². The van der Waals surface area contributed by atoms with E-state index in [0.717, 1.165) is 12.0 Å². The van der Waals surface area contributed by atoms with Gasteiger partial charge in [-0.15, -0.1) is 0 Å². The second-order valence-corrected chi connectivity index (χ2v) is 5.01. The van der Waals surface area contributed by atoms with E-state index in [2.05, 4.69) is 5.10 Å². The average molecular weight is 282 g/mol. The van der Waals surface area contributed by atoms with Crippen LogP contribution in [0.4, 0.5) is 4.39 Å². The highest BCUT2D eigenvalue weighted by Crippen LogP contribution is 2.28. The van der Waals surface area contributed by atoms with Gasteiger partial charge in [0.15, 0.2) is 0 Å². The van der Waals surface area contributed by atoms with Crippen LogP contribution in [0.25, 0.3) is 0 Å². The molecule has 0 fully saturated rings. The van der Waals surface area contributed by atoms with Crippen molar-refractivity contribution in [1.29, 1.82) is 0 Å². The summed E-state index contributed by atoms with van der Waals surface area (Å²) in [6.45, 7) is 4.65. The van der Waals surface area contributed by atoms with Crippen LogP contribution in [0.5, 0.6) is 0 Å². The number of aryl methyl sites for hydroxylation is 2. The molecule has 1 aromatic heterocycles. The number of hydrogen-bond acceptors (Lipinski definition) is 2. The molecule has 102 valence electrons. The van der Waals surface area contributed by atoms with Gasteiger partial charge in [0.05, 0.1) is 23.0 Å². The maximum atomic E-state index is 13.9. The Balaban J connectivity index is 2.46. The Morgan fingerprint density at radius 3 is 2.89 bits per heavy atom. The Labute approximate surface area is 117 Å². The summed E-state index contributed by atoms with van der Waals surface area (Å²) in [6, 6.07) is 4.29. The van der Waals surface area contributed by atoms with Gasteiger partial charge in [-0.05, 0) is 19.4 Å². The molecule has 0 aliphatic carbocycles. The summed E-state index contributed by atoms with van der Waals surface area (Å²) in [5, 5.41) is 4.66. The molecule has 2 N–H and O–H groups in total. The van der Waals surface area contributed by atoms with E-state index < -0.39 is 6.04 Å². The van der Waals surface area contributed by atoms with Crippen molar-refractivity contribution in [3.05, 3.63) is 52.1 Å². The molecule has 1 aromatic carbocycles. The van der Waals surface area contributed by atoms with E-state index in [0.29, 0.717) is 22.8 Å². The standard InChI is InChI=1S/C14H17ClFN3/c1-3-6-19-14(11(15)8-18-19)13(17)10-7-9(2)4-5-12(10)16/h4-5,7-8,13H,3,6,17H2,1-2H3. The molecule has 0 bridgehead atoms. The predicted octanol–water partition coefficient (Wildman–Crippen LogP) is 3.44. The molecule has 0 aliphatic rings. The van der Waals surface area contributed by atoms with Crippen molar-refractivity contribution in [3.8, 4) is 0 Å². The van der Waals surface area contributed by atoms with Crippen LogP contribution >= 0.6 is 11.6 Å². The summed E-state index contributed by atoms with van der Waals surface area (Å²) in [7, 11) is 0. The summed E-state index contributed by atoms with van der Waals surface area (Å²) in [5.74, 6) is -0.321. The zero-order chi connectivity index (χ0) is 14.0. The first-order valence-electron chi connectivity index (χ1n) is 6.27. The van der Waals surface area contributed by atoms with Gasteiger partial charge in [-0.3, -0.25) is 4.68 Å². The van der Waals surface area contributed by atoms with Crippen LogP contribution in [0.3, 0.4) is 0 Å². The van der Waals surface area contributed by atoms with Gasteiger partial charge in [0, 0.05) is 12.1 Å². The highest BCUT2D eigenvalue weighted by Gasteiger charge is 2.21. The van der Waals surface area contributed by atoms with Crippen LogP contribution < -0.4 is 5.73 Å². The Bertz CT molecular complexity index is 580. The van der Waals surface area contributed by atoms with Crippen molar-refractivity contribution < 1.29 is 4.39 Å². The van der Waals surface area contributed by atoms with E-state index in [9.17, 15) is 4.39 Å². The number of rotatable bonds is 4. The van der Waals surface area contributed by atoms with Gasteiger partial charge < -0.3 is 5.73 Å². The van der Waals surface area contributed by atoms with Crippen LogP contribution in [-0.2, 0) is 6.54 Å². The van der Waals surface area contributed by atoms with Gasteiger partial charge in [0.1, 0.15) is 5.82 Å². The predicted molar refractivity (Wildman–Crippen MR) is 74.7 cm³/mol. The van der Waals surface area contributed by atoms with Gasteiger partial charge in [0.25, 0.3) is 0 Å². The number of benzene rings is 1. The molecule has 0 spiro atoms. The Morgan fingerprint density at radius 2 is 2.21 bits per heavy atom. The Hall–Kier alpha value is -1.39. The molecule has 2 rings (SSSR count). The zero-order valence-corrected chi connectivity index (χ0v) is 11.8. The number of nitrogens with two attached hydrogens (primary N) is 1. The quantitative estimate of drug-likeness (QED) is 0.933. The number of nitrogens with zero attached hydrogens (tertiary/aromatic N) is 2. The largest absolute Gasteiger partial charge is 0.319 e. The minimum Gasteiger partial charge on any atom is -0.319 e. The zero-order valence-electron chi connectivity index (χ0n) is 11.0. The fraction of sp³-hybridized carbons (Fsp3) is 0.357. The van der Waals surface area contributed by atoms with E-state index in [1.54, 1.807) is 23.0 Å². The highest BCUT2D eigenvalue weighted by molar-refractivity contribution is 6.31. The molecule has 19 heavy (non-hydrogen) atoms. The summed E-state index contributed by atoms with van der Waals surface area (Å²) < 4.78 is 15.7. The smallest absolute Gasteiger partial charge is 0.128 e. The number of aromatic nitrogens is 2. The molecule has 3 nitrogen and oxygen atoms in total. The second-order valence-electron chi connectivity index (χ2n) is 4.60. The molecule has 1 heterocycles. The van der Waals surface area contributed by atoms with Crippen LogP contribution in [-0.4, -0.2) is 9.78 Å². The van der Waals surface area contributed by atoms with Crippen molar-refractivity contribution in [3.63, 3.8) is 0 Å². The molecule has 0 aliphatic heterocycles. The minimum atomic E-state index is -0.610. The van der Waals surface area contributed by atoms with Crippen LogP contribution in [0, 0.1) is 12.7 Å². The van der Waals surface area contributed by atoms with E-state index in [1.807, 2.05) is 13.8 Å². The van der Waals surface area contributed by atoms with Gasteiger partial charge in [-0.1, -0.05) is 36.2 Å². The maximum absolute atomic E-state index is 13.9. The van der Waals surface area contributed by atoms with Gasteiger partial charge in [-0.25, -0.2) is 4.39 Å². The van der Waals surface area contributed by atoms with Crippen molar-refractivity contribution in [2.24, 2.45) is 5.73 Å². The first-order valence-corrected chi connectivity index (χ1v) is 6.65. The highest BCUT2D eigenvalue weighted by atomic mass is 35.5. The molecular formula is C14H17ClFN3. The van der Waals surface area contributed by atoms with E-state index in [-0.39, 0.29) is 5.82 Å². The van der Waals surface area contributed by atoms with Crippen molar-refractivity contribution in [1.82, 2.24) is 9.78 Å². The Morgan fingerprint density at radius 1 is 1.47 bits per heavy atom. The summed E-state index contributed by atoms with van der Waals surface area (Å²) in [5.41, 5.74) is 8.24. The monoisotopic (exact) mass is 281 g/mol. The summed E-state index contributed by atoms with van der Waals surface area (Å²) in [4.78, 5) is 0. The fourth-order valence-electron chi connectivity index (χ4n) is 2.12. The van der Waals surface area contributed by atoms with Crippen molar-refractivity contribution in [2.45, 2.75) is 32.9 Å². The average Bonchev–Trinajstić information content (AvgIpc) is 2.73. The first kappa shape index (κ1) is 14.0. The maximum Gasteiger partial charge on any atom is 0.128 e. The SMILES string of the molecule is CCCn1ncc(Cl)c1C(N)c1cc(C)ccc1F. The molecule has 0 radical (unpaired) electrons. The first-order chi connectivity index (χ1) is 9.04. The molecule has 0 amide bonds. The van der Waals surface area contributed by atoms with Crippen LogP contribution in [0.1, 0.15) is 36.2 Å². The molecule has 0 saturated heterocycles. The lowest BCUT2D eigenvalue weighted by Gasteiger charge is -2.16. The second kappa shape index (κ2) is 5.72. The number of hydrogen-bond donors (Lipinski definition) is 1. The molecular weight excluding hydrogens is 265 g/mol. The third-order valence-corrected chi connectivity index (χ3v) is 3.34. The lowest BCUT2D eigenvalue weighted by Crippen LogP contribution is -2.19. The van der Waals surface area contributed by atoms with E-state index in [1.165, 1.54) is 6.07 Å². The van der Waals surface area contributed by atoms with Gasteiger partial charge in [0.2, 0.25) is 0 Å². The molecule has 2 aromatic rings. The molecule has 1 atom stereocenters. The number of halogens is 2. The summed E-state index contributed by atoms with van der Waals surface area (Å²) in [6.07, 6.45) is 2.47. The fourth-order valence-corrected chi connectivity index (χ4v) is 2.38. The van der Waals surface area contributed by atoms with Crippen LogP contribution in [0.2, 0.25) is 5.02 Å². The normalized spacial score (nSPS) is 12.7. The lowest BCUT2D eigenvalue weighted by atomic mass is 10.0. The van der Waals surface area contributed by atoms with E-state index in [4.69, 9.17) is 17.3 Å². The molecule has 5 heteroatoms. The van der Waals surface area contributed by atoms with Crippen molar-refractivity contribution in [2.75, 3.05) is 0 Å². The third-order valence-electron chi connectivity index (χ3n) is 3.05. The summed E-state index contributed by atoms with van der Waals surface area (Å²) >= 11 is 6.13. The minimum absolute atomic E-state index is 0.321. The van der Waals surface area contributed by atoms with Gasteiger partial charge >= 0.3 is 0 Å². The molecule has 0 saturated carbocycles. The third kappa shape index (κ3) is 2.80. The molecule has 1 unspecified atom stereocenters. The van der Waals surface area contributed by atoms with E-state index >= 15 is 0 Å².